The Morgan fingerprint density at radius 1 is 1.52 bits per heavy atom. The second kappa shape index (κ2) is 5.95. The van der Waals surface area contributed by atoms with Crippen molar-refractivity contribution in [2.45, 2.75) is 18.8 Å². The first-order valence-corrected chi connectivity index (χ1v) is 6.23. The lowest BCUT2D eigenvalue weighted by Crippen LogP contribution is -2.57. The van der Waals surface area contributed by atoms with Gasteiger partial charge in [-0.1, -0.05) is 12.0 Å². The van der Waals surface area contributed by atoms with Crippen LogP contribution >= 0.6 is 0 Å². The molecule has 1 aliphatic heterocycles. The standard InChI is InChI=1S/C14H13F3N2O2/c1-2-7-18-13(20)19-8-6-12(19)21-11-5-3-4-10(9-11)14(15,16)17/h1,3-5,9,12H,6-8H2,(H,18,20). The maximum absolute atomic E-state index is 12.6. The summed E-state index contributed by atoms with van der Waals surface area (Å²) in [6.07, 6.45) is 0.581. The Hall–Kier alpha value is -2.36. The van der Waals surface area contributed by atoms with Crippen molar-refractivity contribution in [2.75, 3.05) is 13.1 Å². The fourth-order valence-corrected chi connectivity index (χ4v) is 1.85. The number of amides is 2. The van der Waals surface area contributed by atoms with Crippen LogP contribution in [0.25, 0.3) is 0 Å². The van der Waals surface area contributed by atoms with Gasteiger partial charge < -0.3 is 10.1 Å². The van der Waals surface area contributed by atoms with Crippen molar-refractivity contribution in [3.8, 4) is 18.1 Å². The SMILES string of the molecule is C#CCNC(=O)N1CCC1Oc1cccc(C(F)(F)F)c1. The second-order valence-corrected chi connectivity index (χ2v) is 4.44. The van der Waals surface area contributed by atoms with Crippen LogP contribution in [0.2, 0.25) is 0 Å². The molecule has 0 aliphatic carbocycles. The molecule has 0 radical (unpaired) electrons. The van der Waals surface area contributed by atoms with E-state index in [0.717, 1.165) is 12.1 Å². The van der Waals surface area contributed by atoms with Crippen LogP contribution < -0.4 is 10.1 Å². The number of terminal acetylenes is 1. The van der Waals surface area contributed by atoms with Gasteiger partial charge in [-0.3, -0.25) is 4.90 Å². The van der Waals surface area contributed by atoms with E-state index in [4.69, 9.17) is 11.2 Å². The summed E-state index contributed by atoms with van der Waals surface area (Å²) >= 11 is 0. The molecule has 2 rings (SSSR count). The van der Waals surface area contributed by atoms with Crippen molar-refractivity contribution in [1.29, 1.82) is 0 Å². The van der Waals surface area contributed by atoms with E-state index in [1.54, 1.807) is 0 Å². The molecule has 1 heterocycles. The first-order valence-electron chi connectivity index (χ1n) is 6.23. The fraction of sp³-hybridized carbons (Fsp3) is 0.357. The molecule has 0 bridgehead atoms. The first kappa shape index (κ1) is 15.0. The zero-order chi connectivity index (χ0) is 15.5. The van der Waals surface area contributed by atoms with Gasteiger partial charge in [-0.05, 0) is 18.2 Å². The summed E-state index contributed by atoms with van der Waals surface area (Å²) in [5.74, 6) is 2.34. The lowest BCUT2D eigenvalue weighted by atomic mass is 10.2. The van der Waals surface area contributed by atoms with E-state index in [2.05, 4.69) is 11.2 Å². The fourth-order valence-electron chi connectivity index (χ4n) is 1.85. The van der Waals surface area contributed by atoms with Gasteiger partial charge in [0.05, 0.1) is 12.1 Å². The molecule has 1 N–H and O–H groups in total. The number of urea groups is 1. The molecule has 1 saturated heterocycles. The molecule has 4 nitrogen and oxygen atoms in total. The third-order valence-electron chi connectivity index (χ3n) is 3.00. The third-order valence-corrected chi connectivity index (χ3v) is 3.00. The first-order chi connectivity index (χ1) is 9.91. The molecule has 1 aromatic carbocycles. The summed E-state index contributed by atoms with van der Waals surface area (Å²) in [5.41, 5.74) is -0.789. The van der Waals surface area contributed by atoms with Gasteiger partial charge in [0.25, 0.3) is 0 Å². The van der Waals surface area contributed by atoms with Crippen LogP contribution in [0.3, 0.4) is 0 Å². The van der Waals surface area contributed by atoms with E-state index in [0.29, 0.717) is 13.0 Å². The number of hydrogen-bond acceptors (Lipinski definition) is 2. The highest BCUT2D eigenvalue weighted by atomic mass is 19.4. The van der Waals surface area contributed by atoms with Crippen molar-refractivity contribution in [2.24, 2.45) is 0 Å². The zero-order valence-electron chi connectivity index (χ0n) is 11.0. The molecule has 1 atom stereocenters. The predicted octanol–water partition coefficient (Wildman–Crippen LogP) is 2.46. The average molecular weight is 298 g/mol. The second-order valence-electron chi connectivity index (χ2n) is 4.44. The normalized spacial score (nSPS) is 17.6. The smallest absolute Gasteiger partial charge is 0.416 e. The van der Waals surface area contributed by atoms with E-state index in [9.17, 15) is 18.0 Å². The van der Waals surface area contributed by atoms with E-state index < -0.39 is 24.0 Å². The maximum atomic E-state index is 12.6. The van der Waals surface area contributed by atoms with Gasteiger partial charge in [-0.15, -0.1) is 6.42 Å². The number of benzene rings is 1. The van der Waals surface area contributed by atoms with E-state index >= 15 is 0 Å². The van der Waals surface area contributed by atoms with Crippen LogP contribution in [0.15, 0.2) is 24.3 Å². The van der Waals surface area contributed by atoms with Crippen LogP contribution in [0, 0.1) is 12.3 Å². The van der Waals surface area contributed by atoms with Crippen LogP contribution in [0.4, 0.5) is 18.0 Å². The number of carbonyl (C=O) groups is 1. The number of ether oxygens (including phenoxy) is 1. The minimum atomic E-state index is -4.43. The number of nitrogens with one attached hydrogen (secondary N) is 1. The maximum Gasteiger partial charge on any atom is 0.416 e. The number of halogens is 3. The minimum absolute atomic E-state index is 0.0734. The summed E-state index contributed by atoms with van der Waals surface area (Å²) in [4.78, 5) is 13.0. The number of carbonyl (C=O) groups excluding carboxylic acids is 1. The molecule has 2 amide bonds. The number of nitrogens with zero attached hydrogens (tertiary/aromatic N) is 1. The summed E-state index contributed by atoms with van der Waals surface area (Å²) in [5, 5.41) is 2.48. The summed E-state index contributed by atoms with van der Waals surface area (Å²) in [7, 11) is 0. The molecule has 112 valence electrons. The highest BCUT2D eigenvalue weighted by Crippen LogP contribution is 2.32. The van der Waals surface area contributed by atoms with E-state index in [1.165, 1.54) is 17.0 Å². The Morgan fingerprint density at radius 2 is 2.29 bits per heavy atom. The summed E-state index contributed by atoms with van der Waals surface area (Å²) in [6, 6.07) is 4.17. The molecule has 0 aromatic heterocycles. The number of rotatable bonds is 3. The van der Waals surface area contributed by atoms with Gasteiger partial charge in [0.1, 0.15) is 5.75 Å². The quantitative estimate of drug-likeness (QED) is 0.871. The van der Waals surface area contributed by atoms with E-state index in [-0.39, 0.29) is 12.3 Å². The largest absolute Gasteiger partial charge is 0.470 e. The van der Waals surface area contributed by atoms with Gasteiger partial charge in [0, 0.05) is 13.0 Å². The Kier molecular flexibility index (Phi) is 4.26. The number of alkyl halides is 3. The number of likely N-dealkylation sites (tertiary alicyclic amines) is 1. The summed E-state index contributed by atoms with van der Waals surface area (Å²) in [6.45, 7) is 0.561. The molecule has 1 unspecified atom stereocenters. The Balaban J connectivity index is 1.99. The van der Waals surface area contributed by atoms with Gasteiger partial charge in [0.2, 0.25) is 0 Å². The number of hydrogen-bond donors (Lipinski definition) is 1. The van der Waals surface area contributed by atoms with Crippen molar-refractivity contribution in [3.63, 3.8) is 0 Å². The molecule has 21 heavy (non-hydrogen) atoms. The van der Waals surface area contributed by atoms with Gasteiger partial charge >= 0.3 is 12.2 Å². The highest BCUT2D eigenvalue weighted by Gasteiger charge is 2.35. The third kappa shape index (κ3) is 3.60. The Labute approximate surface area is 119 Å². The van der Waals surface area contributed by atoms with Crippen molar-refractivity contribution < 1.29 is 22.7 Å². The van der Waals surface area contributed by atoms with Crippen LogP contribution in [-0.4, -0.2) is 30.2 Å². The van der Waals surface area contributed by atoms with Crippen molar-refractivity contribution in [3.05, 3.63) is 29.8 Å². The Bertz CT molecular complexity index is 566. The molecule has 1 fully saturated rings. The van der Waals surface area contributed by atoms with Crippen molar-refractivity contribution in [1.82, 2.24) is 10.2 Å². The zero-order valence-corrected chi connectivity index (χ0v) is 11.0. The lowest BCUT2D eigenvalue weighted by Gasteiger charge is -2.40. The topological polar surface area (TPSA) is 41.6 Å². The van der Waals surface area contributed by atoms with Gasteiger partial charge in [-0.25, -0.2) is 4.79 Å². The van der Waals surface area contributed by atoms with Crippen LogP contribution in [0.5, 0.6) is 5.75 Å². The molecular weight excluding hydrogens is 285 g/mol. The molecule has 0 spiro atoms. The molecular formula is C14H13F3N2O2. The monoisotopic (exact) mass is 298 g/mol. The van der Waals surface area contributed by atoms with Crippen LogP contribution in [0.1, 0.15) is 12.0 Å². The van der Waals surface area contributed by atoms with Gasteiger partial charge in [0.15, 0.2) is 6.23 Å². The average Bonchev–Trinajstić information content (AvgIpc) is 2.41. The Morgan fingerprint density at radius 3 is 2.86 bits per heavy atom. The summed E-state index contributed by atoms with van der Waals surface area (Å²) < 4.78 is 43.2. The molecule has 0 saturated carbocycles. The van der Waals surface area contributed by atoms with E-state index in [1.807, 2.05) is 0 Å². The molecule has 1 aromatic rings. The molecule has 7 heteroatoms. The van der Waals surface area contributed by atoms with Gasteiger partial charge in [-0.2, -0.15) is 13.2 Å². The minimum Gasteiger partial charge on any atom is -0.470 e. The molecule has 1 aliphatic rings. The predicted molar refractivity (Wildman–Crippen MR) is 69.4 cm³/mol. The van der Waals surface area contributed by atoms with Crippen molar-refractivity contribution >= 4 is 6.03 Å². The highest BCUT2D eigenvalue weighted by molar-refractivity contribution is 5.75. The van der Waals surface area contributed by atoms with Crippen LogP contribution in [-0.2, 0) is 6.18 Å². The lowest BCUT2D eigenvalue weighted by molar-refractivity contribution is -0.137.